The minimum absolute atomic E-state index is 0. The predicted octanol–water partition coefficient (Wildman–Crippen LogP) is 3.83. The second-order valence-corrected chi connectivity index (χ2v) is 5.69. The van der Waals surface area contributed by atoms with E-state index in [1.807, 2.05) is 24.3 Å². The van der Waals surface area contributed by atoms with Gasteiger partial charge in [0.1, 0.15) is 0 Å². The fourth-order valence-electron chi connectivity index (χ4n) is 2.56. The summed E-state index contributed by atoms with van der Waals surface area (Å²) in [7, 11) is 0. The summed E-state index contributed by atoms with van der Waals surface area (Å²) in [5.74, 6) is 1.93. The summed E-state index contributed by atoms with van der Waals surface area (Å²) in [6.07, 6.45) is 2.86. The van der Waals surface area contributed by atoms with Gasteiger partial charge in [0, 0.05) is 24.7 Å². The van der Waals surface area contributed by atoms with Gasteiger partial charge in [0.2, 0.25) is 0 Å². The van der Waals surface area contributed by atoms with Crippen molar-refractivity contribution >= 4 is 35.6 Å². The van der Waals surface area contributed by atoms with Crippen LogP contribution in [0.15, 0.2) is 53.5 Å². The number of ether oxygens (including phenoxy) is 2. The molecular formula is C19H24IN3O2. The topological polar surface area (TPSA) is 68.9 Å². The first-order valence-corrected chi connectivity index (χ1v) is 8.32. The number of aliphatic imine (C=N–C) groups is 1. The number of guanidine groups is 1. The minimum Gasteiger partial charge on any atom is -0.490 e. The fraction of sp³-hybridized carbons (Fsp3) is 0.316. The third-order valence-electron chi connectivity index (χ3n) is 3.77. The Labute approximate surface area is 165 Å². The third kappa shape index (κ3) is 6.12. The molecule has 2 aromatic rings. The highest BCUT2D eigenvalue weighted by molar-refractivity contribution is 14.0. The highest BCUT2D eigenvalue weighted by Gasteiger charge is 2.10. The van der Waals surface area contributed by atoms with Crippen molar-refractivity contribution in [2.45, 2.75) is 19.3 Å². The van der Waals surface area contributed by atoms with Gasteiger partial charge in [0.15, 0.2) is 17.5 Å². The van der Waals surface area contributed by atoms with Gasteiger partial charge in [-0.2, -0.15) is 0 Å². The van der Waals surface area contributed by atoms with Crippen molar-refractivity contribution in [3.05, 3.63) is 54.1 Å². The number of anilines is 1. The first-order valence-electron chi connectivity index (χ1n) is 8.32. The van der Waals surface area contributed by atoms with Crippen LogP contribution in [0.5, 0.6) is 11.5 Å². The first-order chi connectivity index (χ1) is 11.8. The molecule has 0 unspecified atom stereocenters. The van der Waals surface area contributed by atoms with Gasteiger partial charge in [-0.15, -0.1) is 24.0 Å². The summed E-state index contributed by atoms with van der Waals surface area (Å²) in [4.78, 5) is 4.38. The van der Waals surface area contributed by atoms with Crippen LogP contribution in [-0.4, -0.2) is 25.7 Å². The zero-order chi connectivity index (χ0) is 16.6. The van der Waals surface area contributed by atoms with Gasteiger partial charge < -0.3 is 20.5 Å². The molecule has 0 amide bonds. The number of fused-ring (bicyclic) bond motifs is 1. The van der Waals surface area contributed by atoms with Crippen molar-refractivity contribution in [2.24, 2.45) is 10.7 Å². The highest BCUT2D eigenvalue weighted by atomic mass is 127. The van der Waals surface area contributed by atoms with Gasteiger partial charge in [0.25, 0.3) is 0 Å². The van der Waals surface area contributed by atoms with Crippen LogP contribution in [0.4, 0.5) is 5.69 Å². The lowest BCUT2D eigenvalue weighted by Gasteiger charge is -2.10. The number of hydrogen-bond donors (Lipinski definition) is 2. The van der Waals surface area contributed by atoms with E-state index in [1.54, 1.807) is 0 Å². The van der Waals surface area contributed by atoms with Crippen LogP contribution >= 0.6 is 24.0 Å². The first kappa shape index (κ1) is 19.4. The van der Waals surface area contributed by atoms with Gasteiger partial charge in [-0.3, -0.25) is 4.99 Å². The van der Waals surface area contributed by atoms with Crippen LogP contribution in [-0.2, 0) is 6.42 Å². The summed E-state index contributed by atoms with van der Waals surface area (Å²) in [6.45, 7) is 2.04. The summed E-state index contributed by atoms with van der Waals surface area (Å²) < 4.78 is 11.3. The number of nitrogens with one attached hydrogen (secondary N) is 1. The second kappa shape index (κ2) is 10.1. The van der Waals surface area contributed by atoms with Crippen LogP contribution in [0.25, 0.3) is 0 Å². The van der Waals surface area contributed by atoms with Crippen molar-refractivity contribution < 1.29 is 9.47 Å². The van der Waals surface area contributed by atoms with E-state index in [1.165, 1.54) is 5.56 Å². The lowest BCUT2D eigenvalue weighted by atomic mass is 10.1. The molecule has 3 N–H and O–H groups in total. The maximum Gasteiger partial charge on any atom is 0.193 e. The van der Waals surface area contributed by atoms with Crippen LogP contribution in [0.2, 0.25) is 0 Å². The van der Waals surface area contributed by atoms with E-state index < -0.39 is 0 Å². The largest absolute Gasteiger partial charge is 0.490 e. The molecule has 0 spiro atoms. The Balaban J connectivity index is 0.00000225. The Morgan fingerprint density at radius 1 is 1.04 bits per heavy atom. The quantitative estimate of drug-likeness (QED) is 0.313. The van der Waals surface area contributed by atoms with E-state index in [2.05, 4.69) is 34.6 Å². The van der Waals surface area contributed by atoms with Crippen molar-refractivity contribution in [3.8, 4) is 11.5 Å². The number of aryl methyl sites for hydroxylation is 1. The molecule has 134 valence electrons. The lowest BCUT2D eigenvalue weighted by Crippen LogP contribution is -2.22. The molecule has 0 aromatic heterocycles. The monoisotopic (exact) mass is 453 g/mol. The molecule has 3 rings (SSSR count). The predicted molar refractivity (Wildman–Crippen MR) is 112 cm³/mol. The van der Waals surface area contributed by atoms with Crippen molar-refractivity contribution in [2.75, 3.05) is 25.1 Å². The molecule has 1 aliphatic rings. The second-order valence-electron chi connectivity index (χ2n) is 5.69. The molecule has 0 aliphatic carbocycles. The van der Waals surface area contributed by atoms with Gasteiger partial charge in [-0.05, 0) is 30.5 Å². The number of halogens is 1. The molecule has 6 heteroatoms. The Bertz CT molecular complexity index is 692. The molecule has 0 saturated carbocycles. The number of benzene rings is 2. The normalized spacial score (nSPS) is 13.5. The van der Waals surface area contributed by atoms with Crippen molar-refractivity contribution in [1.29, 1.82) is 0 Å². The Kier molecular flexibility index (Phi) is 7.84. The van der Waals surface area contributed by atoms with E-state index in [0.29, 0.717) is 25.7 Å². The zero-order valence-corrected chi connectivity index (χ0v) is 16.4. The number of nitrogens with zero attached hydrogens (tertiary/aromatic N) is 1. The molecule has 1 aliphatic heterocycles. The van der Waals surface area contributed by atoms with E-state index >= 15 is 0 Å². The van der Waals surface area contributed by atoms with Crippen LogP contribution in [0, 0.1) is 0 Å². The Hall–Kier alpha value is -1.96. The Morgan fingerprint density at radius 3 is 2.60 bits per heavy atom. The van der Waals surface area contributed by atoms with Crippen LogP contribution in [0.3, 0.4) is 0 Å². The van der Waals surface area contributed by atoms with E-state index in [0.717, 1.165) is 36.4 Å². The van der Waals surface area contributed by atoms with Crippen molar-refractivity contribution in [1.82, 2.24) is 0 Å². The molecule has 0 fully saturated rings. The van der Waals surface area contributed by atoms with Crippen LogP contribution in [0.1, 0.15) is 18.4 Å². The third-order valence-corrected chi connectivity index (χ3v) is 3.77. The molecule has 0 saturated heterocycles. The molecule has 2 aromatic carbocycles. The number of hydrogen-bond acceptors (Lipinski definition) is 3. The minimum atomic E-state index is 0. The molecule has 25 heavy (non-hydrogen) atoms. The average molecular weight is 453 g/mol. The maximum absolute atomic E-state index is 5.96. The fourth-order valence-corrected chi connectivity index (χ4v) is 2.56. The van der Waals surface area contributed by atoms with Gasteiger partial charge in [-0.1, -0.05) is 30.3 Å². The zero-order valence-electron chi connectivity index (χ0n) is 14.1. The molecular weight excluding hydrogens is 429 g/mol. The number of rotatable bonds is 5. The summed E-state index contributed by atoms with van der Waals surface area (Å²) >= 11 is 0. The number of nitrogens with two attached hydrogens (primary N) is 1. The molecule has 0 radical (unpaired) electrons. The smallest absolute Gasteiger partial charge is 0.193 e. The summed E-state index contributed by atoms with van der Waals surface area (Å²) in [6, 6.07) is 16.1. The molecule has 0 bridgehead atoms. The highest BCUT2D eigenvalue weighted by Crippen LogP contribution is 2.32. The summed E-state index contributed by atoms with van der Waals surface area (Å²) in [5.41, 5.74) is 8.13. The van der Waals surface area contributed by atoms with E-state index in [9.17, 15) is 0 Å². The molecule has 5 nitrogen and oxygen atoms in total. The molecule has 0 atom stereocenters. The Morgan fingerprint density at radius 2 is 1.80 bits per heavy atom. The maximum atomic E-state index is 5.96. The average Bonchev–Trinajstić information content (AvgIpc) is 2.84. The van der Waals surface area contributed by atoms with Gasteiger partial charge in [-0.25, -0.2) is 0 Å². The summed E-state index contributed by atoms with van der Waals surface area (Å²) in [5, 5.41) is 3.10. The molecule has 1 heterocycles. The SMILES string of the molecule is I.NC(=NCCCc1ccccc1)Nc1ccc2c(c1)OCCCO2. The van der Waals surface area contributed by atoms with E-state index in [4.69, 9.17) is 15.2 Å². The van der Waals surface area contributed by atoms with E-state index in [-0.39, 0.29) is 24.0 Å². The van der Waals surface area contributed by atoms with Crippen LogP contribution < -0.4 is 20.5 Å². The van der Waals surface area contributed by atoms with Crippen molar-refractivity contribution in [3.63, 3.8) is 0 Å². The lowest BCUT2D eigenvalue weighted by molar-refractivity contribution is 0.297. The van der Waals surface area contributed by atoms with Gasteiger partial charge in [0.05, 0.1) is 13.2 Å². The standard InChI is InChI=1S/C19H23N3O2.HI/c20-19(21-11-4-8-15-6-2-1-3-7-15)22-16-9-10-17-18(14-16)24-13-5-12-23-17;/h1-3,6-7,9-10,14H,4-5,8,11-13H2,(H3,20,21,22);1H. The van der Waals surface area contributed by atoms with Gasteiger partial charge >= 0.3 is 0 Å².